The van der Waals surface area contributed by atoms with Crippen molar-refractivity contribution in [1.29, 1.82) is 0 Å². The second-order valence-corrected chi connectivity index (χ2v) is 5.68. The third-order valence-corrected chi connectivity index (χ3v) is 4.29. The molecular formula is C13H15ClN2S. The molecule has 1 aromatic carbocycles. The fraction of sp³-hybridized carbons (Fsp3) is 0.308. The van der Waals surface area contributed by atoms with Gasteiger partial charge in [-0.2, -0.15) is 0 Å². The van der Waals surface area contributed by atoms with Gasteiger partial charge in [0.2, 0.25) is 0 Å². The number of hydrogen-bond donors (Lipinski definition) is 1. The summed E-state index contributed by atoms with van der Waals surface area (Å²) < 4.78 is 0. The van der Waals surface area contributed by atoms with Crippen molar-refractivity contribution < 1.29 is 0 Å². The fourth-order valence-electron chi connectivity index (χ4n) is 1.81. The SMILES string of the molecule is Cc1cc(Cl)ccc1-c1nc(C)c(C(C)N)s1. The van der Waals surface area contributed by atoms with Crippen LogP contribution in [0.3, 0.4) is 0 Å². The molecule has 0 bridgehead atoms. The quantitative estimate of drug-likeness (QED) is 0.889. The molecule has 2 N–H and O–H groups in total. The van der Waals surface area contributed by atoms with E-state index in [1.807, 2.05) is 39.0 Å². The Morgan fingerprint density at radius 2 is 2.06 bits per heavy atom. The van der Waals surface area contributed by atoms with E-state index in [0.29, 0.717) is 0 Å². The molecule has 0 aliphatic heterocycles. The summed E-state index contributed by atoms with van der Waals surface area (Å²) in [6, 6.07) is 5.90. The molecule has 2 rings (SSSR count). The van der Waals surface area contributed by atoms with Crippen molar-refractivity contribution in [3.05, 3.63) is 39.4 Å². The van der Waals surface area contributed by atoms with Crippen molar-refractivity contribution >= 4 is 22.9 Å². The van der Waals surface area contributed by atoms with Crippen LogP contribution in [0.1, 0.15) is 29.1 Å². The Labute approximate surface area is 110 Å². The van der Waals surface area contributed by atoms with E-state index >= 15 is 0 Å². The van der Waals surface area contributed by atoms with Gasteiger partial charge in [0.1, 0.15) is 5.01 Å². The summed E-state index contributed by atoms with van der Waals surface area (Å²) in [5.41, 5.74) is 9.21. The van der Waals surface area contributed by atoms with Crippen LogP contribution in [0.5, 0.6) is 0 Å². The molecule has 17 heavy (non-hydrogen) atoms. The fourth-order valence-corrected chi connectivity index (χ4v) is 3.15. The van der Waals surface area contributed by atoms with Crippen LogP contribution in [0.15, 0.2) is 18.2 Å². The number of benzene rings is 1. The van der Waals surface area contributed by atoms with E-state index in [2.05, 4.69) is 4.98 Å². The lowest BCUT2D eigenvalue weighted by molar-refractivity contribution is 0.825. The Morgan fingerprint density at radius 1 is 1.35 bits per heavy atom. The van der Waals surface area contributed by atoms with E-state index < -0.39 is 0 Å². The van der Waals surface area contributed by atoms with Gasteiger partial charge in [0, 0.05) is 21.5 Å². The minimum Gasteiger partial charge on any atom is -0.323 e. The zero-order valence-electron chi connectivity index (χ0n) is 10.1. The lowest BCUT2D eigenvalue weighted by Crippen LogP contribution is -2.03. The predicted octanol–water partition coefficient (Wildman–Crippen LogP) is 4.10. The lowest BCUT2D eigenvalue weighted by Gasteiger charge is -2.02. The van der Waals surface area contributed by atoms with Crippen LogP contribution in [-0.4, -0.2) is 4.98 Å². The molecule has 0 aliphatic carbocycles. The van der Waals surface area contributed by atoms with Crippen molar-refractivity contribution in [2.75, 3.05) is 0 Å². The van der Waals surface area contributed by atoms with E-state index in [1.165, 1.54) is 0 Å². The van der Waals surface area contributed by atoms with Gasteiger partial charge in [-0.1, -0.05) is 17.7 Å². The summed E-state index contributed by atoms with van der Waals surface area (Å²) in [6.07, 6.45) is 0. The van der Waals surface area contributed by atoms with Crippen LogP contribution in [0.4, 0.5) is 0 Å². The normalized spacial score (nSPS) is 12.8. The molecule has 0 saturated carbocycles. The molecule has 1 heterocycles. The third kappa shape index (κ3) is 2.51. The maximum absolute atomic E-state index is 5.95. The summed E-state index contributed by atoms with van der Waals surface area (Å²) in [6.45, 7) is 6.03. The maximum atomic E-state index is 5.95. The van der Waals surface area contributed by atoms with E-state index in [1.54, 1.807) is 11.3 Å². The van der Waals surface area contributed by atoms with Crippen molar-refractivity contribution in [1.82, 2.24) is 4.98 Å². The predicted molar refractivity (Wildman–Crippen MR) is 74.6 cm³/mol. The first-order valence-corrected chi connectivity index (χ1v) is 6.68. The molecule has 90 valence electrons. The Hall–Kier alpha value is -0.900. The highest BCUT2D eigenvalue weighted by atomic mass is 35.5. The zero-order valence-corrected chi connectivity index (χ0v) is 11.7. The van der Waals surface area contributed by atoms with E-state index in [-0.39, 0.29) is 6.04 Å². The van der Waals surface area contributed by atoms with Crippen molar-refractivity contribution in [3.63, 3.8) is 0 Å². The van der Waals surface area contributed by atoms with E-state index in [4.69, 9.17) is 17.3 Å². The van der Waals surface area contributed by atoms with Gasteiger partial charge in [0.15, 0.2) is 0 Å². The largest absolute Gasteiger partial charge is 0.323 e. The number of rotatable bonds is 2. The number of thiazole rings is 1. The Kier molecular flexibility index (Phi) is 3.52. The van der Waals surface area contributed by atoms with Crippen LogP contribution in [0.2, 0.25) is 5.02 Å². The lowest BCUT2D eigenvalue weighted by atomic mass is 10.1. The molecule has 0 radical (unpaired) electrons. The van der Waals surface area contributed by atoms with Crippen LogP contribution < -0.4 is 5.73 Å². The van der Waals surface area contributed by atoms with Crippen LogP contribution in [0, 0.1) is 13.8 Å². The second kappa shape index (κ2) is 4.77. The number of nitrogens with zero attached hydrogens (tertiary/aromatic N) is 1. The van der Waals surface area contributed by atoms with Gasteiger partial charge < -0.3 is 5.73 Å². The highest BCUT2D eigenvalue weighted by Crippen LogP contribution is 2.33. The highest BCUT2D eigenvalue weighted by molar-refractivity contribution is 7.15. The Balaban J connectivity index is 2.50. The first-order valence-electron chi connectivity index (χ1n) is 5.48. The van der Waals surface area contributed by atoms with Gasteiger partial charge in [-0.05, 0) is 38.5 Å². The molecule has 0 saturated heterocycles. The Bertz CT molecular complexity index is 546. The average Bonchev–Trinajstić information content (AvgIpc) is 2.60. The third-order valence-electron chi connectivity index (χ3n) is 2.66. The number of nitrogens with two attached hydrogens (primary N) is 1. The number of aryl methyl sites for hydroxylation is 2. The van der Waals surface area contributed by atoms with Crippen molar-refractivity contribution in [2.45, 2.75) is 26.8 Å². The average molecular weight is 267 g/mol. The molecule has 0 amide bonds. The molecule has 2 aromatic rings. The van der Waals surface area contributed by atoms with E-state index in [9.17, 15) is 0 Å². The van der Waals surface area contributed by atoms with Gasteiger partial charge in [0.25, 0.3) is 0 Å². The summed E-state index contributed by atoms with van der Waals surface area (Å²) >= 11 is 7.62. The topological polar surface area (TPSA) is 38.9 Å². The molecule has 1 atom stereocenters. The molecule has 0 aliphatic rings. The van der Waals surface area contributed by atoms with Crippen molar-refractivity contribution in [2.24, 2.45) is 5.73 Å². The number of halogens is 1. The zero-order chi connectivity index (χ0) is 12.6. The molecule has 0 fully saturated rings. The summed E-state index contributed by atoms with van der Waals surface area (Å²) in [4.78, 5) is 5.74. The molecule has 4 heteroatoms. The monoisotopic (exact) mass is 266 g/mol. The van der Waals surface area contributed by atoms with Gasteiger partial charge >= 0.3 is 0 Å². The number of hydrogen-bond acceptors (Lipinski definition) is 3. The molecule has 2 nitrogen and oxygen atoms in total. The van der Waals surface area contributed by atoms with Gasteiger partial charge in [0.05, 0.1) is 5.69 Å². The van der Waals surface area contributed by atoms with Crippen LogP contribution >= 0.6 is 22.9 Å². The molecule has 1 unspecified atom stereocenters. The summed E-state index contributed by atoms with van der Waals surface area (Å²) in [5.74, 6) is 0. The van der Waals surface area contributed by atoms with Crippen molar-refractivity contribution in [3.8, 4) is 10.6 Å². The first-order chi connectivity index (χ1) is 7.99. The summed E-state index contributed by atoms with van der Waals surface area (Å²) in [7, 11) is 0. The van der Waals surface area contributed by atoms with Crippen LogP contribution in [0.25, 0.3) is 10.6 Å². The van der Waals surface area contributed by atoms with Gasteiger partial charge in [-0.25, -0.2) is 4.98 Å². The first kappa shape index (κ1) is 12.6. The minimum absolute atomic E-state index is 0.0360. The maximum Gasteiger partial charge on any atom is 0.124 e. The van der Waals surface area contributed by atoms with Crippen LogP contribution in [-0.2, 0) is 0 Å². The molecule has 1 aromatic heterocycles. The summed E-state index contributed by atoms with van der Waals surface area (Å²) in [5, 5.41) is 1.77. The standard InChI is InChI=1S/C13H15ClN2S/c1-7-6-10(14)4-5-11(7)13-16-9(3)12(17-13)8(2)15/h4-6,8H,15H2,1-3H3. The highest BCUT2D eigenvalue weighted by Gasteiger charge is 2.13. The smallest absolute Gasteiger partial charge is 0.124 e. The molecule has 0 spiro atoms. The van der Waals surface area contributed by atoms with E-state index in [0.717, 1.165) is 31.7 Å². The molecular weight excluding hydrogens is 252 g/mol. The number of aromatic nitrogens is 1. The van der Waals surface area contributed by atoms with Gasteiger partial charge in [-0.3, -0.25) is 0 Å². The minimum atomic E-state index is 0.0360. The Morgan fingerprint density at radius 3 is 2.59 bits per heavy atom. The van der Waals surface area contributed by atoms with Gasteiger partial charge in [-0.15, -0.1) is 11.3 Å². The second-order valence-electron chi connectivity index (χ2n) is 4.22.